The first-order chi connectivity index (χ1) is 6.16. The molecule has 0 radical (unpaired) electrons. The third-order valence-electron chi connectivity index (χ3n) is 1.86. The molecule has 0 aromatic heterocycles. The summed E-state index contributed by atoms with van der Waals surface area (Å²) in [7, 11) is 0. The zero-order valence-corrected chi connectivity index (χ0v) is 9.51. The Kier molecular flexibility index (Phi) is 8.46. The summed E-state index contributed by atoms with van der Waals surface area (Å²) in [6, 6.07) is 0. The van der Waals surface area contributed by atoms with Crippen molar-refractivity contribution in [3.8, 4) is 0 Å². The molecule has 80 valence electrons. The average molecular weight is 188 g/mol. The van der Waals surface area contributed by atoms with Crippen molar-refractivity contribution >= 4 is 0 Å². The summed E-state index contributed by atoms with van der Waals surface area (Å²) < 4.78 is 10.9. The molecular formula is C11H24O2. The molecule has 2 heteroatoms. The van der Waals surface area contributed by atoms with E-state index in [2.05, 4.69) is 27.7 Å². The lowest BCUT2D eigenvalue weighted by Crippen LogP contribution is -2.10. The van der Waals surface area contributed by atoms with Gasteiger partial charge in [0.15, 0.2) is 0 Å². The van der Waals surface area contributed by atoms with Gasteiger partial charge in [-0.15, -0.1) is 0 Å². The Hall–Kier alpha value is -0.0800. The molecule has 0 aliphatic carbocycles. The van der Waals surface area contributed by atoms with E-state index in [1.54, 1.807) is 0 Å². The molecule has 2 nitrogen and oxygen atoms in total. The van der Waals surface area contributed by atoms with Crippen molar-refractivity contribution in [1.82, 2.24) is 0 Å². The molecule has 0 spiro atoms. The van der Waals surface area contributed by atoms with Gasteiger partial charge in [0.25, 0.3) is 0 Å². The molecule has 0 aromatic carbocycles. The van der Waals surface area contributed by atoms with E-state index < -0.39 is 0 Å². The van der Waals surface area contributed by atoms with Gasteiger partial charge >= 0.3 is 0 Å². The maximum absolute atomic E-state index is 5.52. The molecular weight excluding hydrogens is 164 g/mol. The van der Waals surface area contributed by atoms with Crippen LogP contribution in [0.2, 0.25) is 0 Å². The van der Waals surface area contributed by atoms with Crippen LogP contribution in [0.25, 0.3) is 0 Å². The first kappa shape index (κ1) is 12.9. The lowest BCUT2D eigenvalue weighted by atomic mass is 10.2. The molecule has 0 saturated carbocycles. The van der Waals surface area contributed by atoms with Crippen LogP contribution in [0.5, 0.6) is 0 Å². The summed E-state index contributed by atoms with van der Waals surface area (Å²) in [6.45, 7) is 11.1. The third kappa shape index (κ3) is 9.84. The van der Waals surface area contributed by atoms with E-state index in [9.17, 15) is 0 Å². The van der Waals surface area contributed by atoms with E-state index in [0.29, 0.717) is 12.0 Å². The van der Waals surface area contributed by atoms with Crippen molar-refractivity contribution in [2.24, 2.45) is 5.92 Å². The van der Waals surface area contributed by atoms with Crippen molar-refractivity contribution < 1.29 is 9.47 Å². The van der Waals surface area contributed by atoms with Crippen LogP contribution >= 0.6 is 0 Å². The second kappa shape index (κ2) is 8.52. The Morgan fingerprint density at radius 3 is 2.31 bits per heavy atom. The van der Waals surface area contributed by atoms with E-state index in [1.165, 1.54) is 0 Å². The van der Waals surface area contributed by atoms with Gasteiger partial charge in [0, 0.05) is 19.8 Å². The average Bonchev–Trinajstić information content (AvgIpc) is 2.10. The highest BCUT2D eigenvalue weighted by atomic mass is 16.5. The van der Waals surface area contributed by atoms with E-state index >= 15 is 0 Å². The normalized spacial score (nSPS) is 13.6. The Morgan fingerprint density at radius 1 is 1.08 bits per heavy atom. The SMILES string of the molecule is CCC(C)OCCCOCC(C)C. The van der Waals surface area contributed by atoms with Gasteiger partial charge in [-0.1, -0.05) is 20.8 Å². The largest absolute Gasteiger partial charge is 0.381 e. The number of rotatable bonds is 8. The van der Waals surface area contributed by atoms with Crippen molar-refractivity contribution in [1.29, 1.82) is 0 Å². The molecule has 0 amide bonds. The predicted molar refractivity (Wildman–Crippen MR) is 56.0 cm³/mol. The minimum atomic E-state index is 0.394. The standard InChI is InChI=1S/C11H24O2/c1-5-11(4)13-8-6-7-12-9-10(2)3/h10-11H,5-9H2,1-4H3. The van der Waals surface area contributed by atoms with Crippen LogP contribution in [0.15, 0.2) is 0 Å². The fourth-order valence-electron chi connectivity index (χ4n) is 0.882. The predicted octanol–water partition coefficient (Wildman–Crippen LogP) is 2.86. The fourth-order valence-corrected chi connectivity index (χ4v) is 0.882. The highest BCUT2D eigenvalue weighted by Crippen LogP contribution is 1.98. The zero-order chi connectivity index (χ0) is 10.1. The highest BCUT2D eigenvalue weighted by Gasteiger charge is 1.97. The third-order valence-corrected chi connectivity index (χ3v) is 1.86. The van der Waals surface area contributed by atoms with Crippen LogP contribution < -0.4 is 0 Å². The molecule has 13 heavy (non-hydrogen) atoms. The van der Waals surface area contributed by atoms with Gasteiger partial charge in [0.1, 0.15) is 0 Å². The van der Waals surface area contributed by atoms with E-state index in [1.807, 2.05) is 0 Å². The molecule has 0 aromatic rings. The summed E-state index contributed by atoms with van der Waals surface area (Å²) in [4.78, 5) is 0. The van der Waals surface area contributed by atoms with E-state index in [-0.39, 0.29) is 0 Å². The van der Waals surface area contributed by atoms with E-state index in [0.717, 1.165) is 32.7 Å². The van der Waals surface area contributed by atoms with Crippen LogP contribution in [0.1, 0.15) is 40.5 Å². The second-order valence-corrected chi connectivity index (χ2v) is 3.91. The molecule has 1 unspecified atom stereocenters. The summed E-state index contributed by atoms with van der Waals surface area (Å²) in [5.41, 5.74) is 0. The smallest absolute Gasteiger partial charge is 0.0544 e. The summed E-state index contributed by atoms with van der Waals surface area (Å²) in [5.74, 6) is 0.635. The van der Waals surface area contributed by atoms with Crippen LogP contribution in [0.3, 0.4) is 0 Å². The lowest BCUT2D eigenvalue weighted by molar-refractivity contribution is 0.0365. The topological polar surface area (TPSA) is 18.5 Å². The minimum absolute atomic E-state index is 0.394. The Bertz CT molecular complexity index is 102. The van der Waals surface area contributed by atoms with Crippen LogP contribution in [0.4, 0.5) is 0 Å². The summed E-state index contributed by atoms with van der Waals surface area (Å²) in [5, 5.41) is 0. The zero-order valence-electron chi connectivity index (χ0n) is 9.51. The molecule has 0 fully saturated rings. The van der Waals surface area contributed by atoms with Crippen molar-refractivity contribution in [3.63, 3.8) is 0 Å². The number of hydrogen-bond donors (Lipinski definition) is 0. The number of ether oxygens (including phenoxy) is 2. The second-order valence-electron chi connectivity index (χ2n) is 3.91. The first-order valence-corrected chi connectivity index (χ1v) is 5.36. The van der Waals surface area contributed by atoms with Crippen LogP contribution in [-0.2, 0) is 9.47 Å². The van der Waals surface area contributed by atoms with Gasteiger partial charge in [-0.3, -0.25) is 0 Å². The fraction of sp³-hybridized carbons (Fsp3) is 1.00. The van der Waals surface area contributed by atoms with Gasteiger partial charge in [0.2, 0.25) is 0 Å². The Labute approximate surface area is 82.6 Å². The van der Waals surface area contributed by atoms with Crippen molar-refractivity contribution in [3.05, 3.63) is 0 Å². The Morgan fingerprint density at radius 2 is 1.77 bits per heavy atom. The van der Waals surface area contributed by atoms with Gasteiger partial charge in [0.05, 0.1) is 6.10 Å². The maximum Gasteiger partial charge on any atom is 0.0544 e. The van der Waals surface area contributed by atoms with Gasteiger partial charge in [-0.25, -0.2) is 0 Å². The molecule has 0 saturated heterocycles. The molecule has 0 aliphatic heterocycles. The van der Waals surface area contributed by atoms with E-state index in [4.69, 9.17) is 9.47 Å². The molecule has 1 atom stereocenters. The molecule has 0 rings (SSSR count). The van der Waals surface area contributed by atoms with Crippen molar-refractivity contribution in [2.75, 3.05) is 19.8 Å². The number of hydrogen-bond acceptors (Lipinski definition) is 2. The summed E-state index contributed by atoms with van der Waals surface area (Å²) >= 11 is 0. The van der Waals surface area contributed by atoms with Gasteiger partial charge < -0.3 is 9.47 Å². The molecule has 0 aliphatic rings. The maximum atomic E-state index is 5.52. The minimum Gasteiger partial charge on any atom is -0.381 e. The molecule has 0 heterocycles. The van der Waals surface area contributed by atoms with Crippen molar-refractivity contribution in [2.45, 2.75) is 46.6 Å². The summed E-state index contributed by atoms with van der Waals surface area (Å²) in [6.07, 6.45) is 2.49. The highest BCUT2D eigenvalue weighted by molar-refractivity contribution is 4.45. The molecule has 0 N–H and O–H groups in total. The monoisotopic (exact) mass is 188 g/mol. The lowest BCUT2D eigenvalue weighted by Gasteiger charge is -2.10. The quantitative estimate of drug-likeness (QED) is 0.545. The van der Waals surface area contributed by atoms with Crippen LogP contribution in [0, 0.1) is 5.92 Å². The first-order valence-electron chi connectivity index (χ1n) is 5.36. The Balaban J connectivity index is 2.99. The van der Waals surface area contributed by atoms with Crippen LogP contribution in [-0.4, -0.2) is 25.9 Å². The molecule has 0 bridgehead atoms. The van der Waals surface area contributed by atoms with Gasteiger partial charge in [-0.2, -0.15) is 0 Å². The van der Waals surface area contributed by atoms with Gasteiger partial charge in [-0.05, 0) is 25.7 Å².